The molecule has 0 atom stereocenters. The average molecular weight is 944 g/mol. The summed E-state index contributed by atoms with van der Waals surface area (Å²) in [4.78, 5) is 5.21. The molecule has 6 aromatic rings. The molecule has 0 saturated carbocycles. The second-order valence-corrected chi connectivity index (χ2v) is 28.7. The van der Waals surface area contributed by atoms with Gasteiger partial charge in [0.1, 0.15) is 0 Å². The summed E-state index contributed by atoms with van der Waals surface area (Å²) in [5.74, 6) is 0. The van der Waals surface area contributed by atoms with Crippen molar-refractivity contribution in [2.45, 2.75) is 207 Å². The number of hydrogen-bond acceptors (Lipinski definition) is 2. The fourth-order valence-electron chi connectivity index (χ4n) is 14.4. The van der Waals surface area contributed by atoms with Crippen LogP contribution in [0.2, 0.25) is 0 Å². The number of benzene rings is 6. The van der Waals surface area contributed by atoms with Crippen molar-refractivity contribution < 1.29 is 6.85 Å². The Morgan fingerprint density at radius 2 is 1.04 bits per heavy atom. The molecule has 0 radical (unpaired) electrons. The van der Waals surface area contributed by atoms with Crippen molar-refractivity contribution in [1.29, 1.82) is 0 Å². The van der Waals surface area contributed by atoms with E-state index in [0.717, 1.165) is 60.2 Å². The Labute approximate surface area is 437 Å². The second kappa shape index (κ2) is 15.3. The maximum Gasteiger partial charge on any atom is 0.252 e. The van der Waals surface area contributed by atoms with Crippen molar-refractivity contribution in [2.24, 2.45) is 0 Å². The minimum atomic E-state index is -0.368. The first-order chi connectivity index (χ1) is 35.0. The van der Waals surface area contributed by atoms with Gasteiger partial charge >= 0.3 is 0 Å². The molecule has 11 rings (SSSR count). The van der Waals surface area contributed by atoms with Crippen LogP contribution in [0.4, 0.5) is 28.4 Å². The molecule has 368 valence electrons. The molecule has 71 heavy (non-hydrogen) atoms. The highest BCUT2D eigenvalue weighted by atomic mass is 15.2. The van der Waals surface area contributed by atoms with Crippen molar-refractivity contribution in [2.75, 3.05) is 9.80 Å². The number of nitrogens with zero attached hydrogens (tertiary/aromatic N) is 2. The molecule has 2 aliphatic heterocycles. The van der Waals surface area contributed by atoms with Crippen LogP contribution in [-0.2, 0) is 49.9 Å². The minimum absolute atomic E-state index is 0.00722. The molecule has 0 aromatic heterocycles. The molecule has 0 unspecified atom stereocenters. The van der Waals surface area contributed by atoms with Gasteiger partial charge in [-0.2, -0.15) is 0 Å². The standard InChI is InChI=1S/C68H83BN2/c1-61(2,3)44-25-29-54-52(34-44)69-53-38-50-51(66(13,14)33-32-65(50,11)12)39-55(53)71(46-26-28-47-49(37-46)64(9,10)31-30-63(47,7)8)57-36-45(62(4,5)6)35-56(60(57)69)70(54)40-43-24-27-48-59(68(17,18)41-67(48,15)16)58(43)42-22-20-19-21-23-42/h19-29,34-39H,30-33,40-41H2,1-18H3/i19D,20D,21D,22D,23D. The fraction of sp³-hybridized carbons (Fsp3) is 0.471. The summed E-state index contributed by atoms with van der Waals surface area (Å²) in [7, 11) is 0. The number of fused-ring (bicyclic) bond motifs is 7. The third kappa shape index (κ3) is 7.45. The zero-order valence-electron chi connectivity index (χ0n) is 51.6. The van der Waals surface area contributed by atoms with Crippen molar-refractivity contribution in [3.8, 4) is 11.1 Å². The Bertz CT molecular complexity index is 3460. The first-order valence-electron chi connectivity index (χ1n) is 29.5. The van der Waals surface area contributed by atoms with E-state index in [1.54, 1.807) is 0 Å². The van der Waals surface area contributed by atoms with Gasteiger partial charge in [-0.15, -0.1) is 0 Å². The lowest BCUT2D eigenvalue weighted by Crippen LogP contribution is -2.62. The van der Waals surface area contributed by atoms with Crippen molar-refractivity contribution in [1.82, 2.24) is 0 Å². The molecule has 2 heterocycles. The SMILES string of the molecule is [2H]c1c([2H])c([2H])c(-c2c(CN3c4ccc(C(C)(C)C)cc4B4c5cc6c(cc5N(c5ccc7c(c5)C(C)(C)CCC7(C)C)c5cc(C(C)(C)C)cc3c54)C(C)(C)CCC6(C)C)ccc3c2C(C)(C)CC3(C)C)c([2H])c1[2H]. The molecular weight excluding hydrogens is 856 g/mol. The van der Waals surface area contributed by atoms with Gasteiger partial charge in [0.25, 0.3) is 6.71 Å². The molecule has 5 aliphatic rings. The summed E-state index contributed by atoms with van der Waals surface area (Å²) in [5.41, 5.74) is 21.7. The first-order valence-corrected chi connectivity index (χ1v) is 27.0. The highest BCUT2D eigenvalue weighted by Crippen LogP contribution is 2.56. The van der Waals surface area contributed by atoms with Gasteiger partial charge in [-0.05, 0) is 189 Å². The molecule has 0 amide bonds. The van der Waals surface area contributed by atoms with Crippen LogP contribution in [-0.4, -0.2) is 6.71 Å². The predicted molar refractivity (Wildman–Crippen MR) is 309 cm³/mol. The van der Waals surface area contributed by atoms with Crippen LogP contribution in [0.15, 0.2) is 103 Å². The van der Waals surface area contributed by atoms with Crippen LogP contribution in [0, 0.1) is 0 Å². The Kier molecular flexibility index (Phi) is 9.14. The molecule has 3 heteroatoms. The lowest BCUT2D eigenvalue weighted by atomic mass is 9.33. The summed E-state index contributed by atoms with van der Waals surface area (Å²) in [6.07, 6.45) is 5.41. The Morgan fingerprint density at radius 3 is 1.66 bits per heavy atom. The van der Waals surface area contributed by atoms with Crippen molar-refractivity contribution in [3.63, 3.8) is 0 Å². The Morgan fingerprint density at radius 1 is 0.493 bits per heavy atom. The molecule has 3 aliphatic carbocycles. The summed E-state index contributed by atoms with van der Waals surface area (Å²) >= 11 is 0. The smallest absolute Gasteiger partial charge is 0.252 e. The van der Waals surface area contributed by atoms with E-state index < -0.39 is 0 Å². The topological polar surface area (TPSA) is 6.48 Å². The number of hydrogen-bond donors (Lipinski definition) is 0. The van der Waals surface area contributed by atoms with Gasteiger partial charge in [-0.1, -0.05) is 191 Å². The third-order valence-electron chi connectivity index (χ3n) is 18.6. The van der Waals surface area contributed by atoms with E-state index in [1.165, 1.54) is 72.4 Å². The van der Waals surface area contributed by atoms with Crippen LogP contribution in [0.5, 0.6) is 0 Å². The van der Waals surface area contributed by atoms with Gasteiger partial charge in [0, 0.05) is 35.0 Å². The molecule has 0 N–H and O–H groups in total. The molecule has 2 nitrogen and oxygen atoms in total. The van der Waals surface area contributed by atoms with Crippen LogP contribution >= 0.6 is 0 Å². The van der Waals surface area contributed by atoms with Gasteiger partial charge in [0.2, 0.25) is 0 Å². The number of anilines is 5. The number of rotatable bonds is 4. The van der Waals surface area contributed by atoms with E-state index in [0.29, 0.717) is 12.1 Å². The maximum atomic E-state index is 9.59. The third-order valence-corrected chi connectivity index (χ3v) is 18.6. The van der Waals surface area contributed by atoms with E-state index in [-0.39, 0.29) is 80.2 Å². The van der Waals surface area contributed by atoms with Gasteiger partial charge < -0.3 is 9.80 Å². The fourth-order valence-corrected chi connectivity index (χ4v) is 14.4. The lowest BCUT2D eigenvalue weighted by molar-refractivity contribution is 0.332. The zero-order valence-corrected chi connectivity index (χ0v) is 46.6. The van der Waals surface area contributed by atoms with E-state index in [1.807, 2.05) is 0 Å². The molecule has 0 spiro atoms. The highest BCUT2D eigenvalue weighted by molar-refractivity contribution is 7.00. The van der Waals surface area contributed by atoms with Gasteiger partial charge in [-0.3, -0.25) is 0 Å². The van der Waals surface area contributed by atoms with Crippen LogP contribution in [0.3, 0.4) is 0 Å². The first kappa shape index (κ1) is 42.5. The lowest BCUT2D eigenvalue weighted by Gasteiger charge is -2.48. The Hall–Kier alpha value is -5.02. The van der Waals surface area contributed by atoms with E-state index in [9.17, 15) is 2.74 Å². The monoisotopic (exact) mass is 944 g/mol. The maximum absolute atomic E-state index is 9.59. The van der Waals surface area contributed by atoms with Gasteiger partial charge in [0.15, 0.2) is 0 Å². The summed E-state index contributed by atoms with van der Waals surface area (Å²) < 4.78 is 45.9. The normalized spacial score (nSPS) is 21.3. The summed E-state index contributed by atoms with van der Waals surface area (Å²) in [6.45, 7) is 43.0. The quantitative estimate of drug-likeness (QED) is 0.162. The predicted octanol–water partition coefficient (Wildman–Crippen LogP) is 16.6. The molecule has 0 fully saturated rings. The second-order valence-electron chi connectivity index (χ2n) is 28.7. The molecular formula is C68H83BN2. The van der Waals surface area contributed by atoms with Crippen LogP contribution < -0.4 is 26.2 Å². The molecule has 0 saturated heterocycles. The zero-order chi connectivity index (χ0) is 55.3. The molecule has 6 aromatic carbocycles. The van der Waals surface area contributed by atoms with Crippen molar-refractivity contribution in [3.05, 3.63) is 153 Å². The van der Waals surface area contributed by atoms with Gasteiger partial charge in [-0.25, -0.2) is 0 Å². The molecule has 0 bridgehead atoms. The largest absolute Gasteiger partial charge is 0.338 e. The Balaban J connectivity index is 1.27. The van der Waals surface area contributed by atoms with E-state index in [2.05, 4.69) is 207 Å². The van der Waals surface area contributed by atoms with E-state index >= 15 is 0 Å². The van der Waals surface area contributed by atoms with Crippen LogP contribution in [0.1, 0.15) is 214 Å². The van der Waals surface area contributed by atoms with E-state index in [4.69, 9.17) is 4.11 Å². The van der Waals surface area contributed by atoms with Gasteiger partial charge in [0.05, 0.1) is 6.85 Å². The summed E-state index contributed by atoms with van der Waals surface area (Å²) in [5, 5.41) is 0. The minimum Gasteiger partial charge on any atom is -0.338 e. The average Bonchev–Trinajstić information content (AvgIpc) is 3.67. The summed E-state index contributed by atoms with van der Waals surface area (Å²) in [6, 6.07) is 28.1. The van der Waals surface area contributed by atoms with Crippen LogP contribution in [0.25, 0.3) is 11.1 Å². The highest BCUT2D eigenvalue weighted by Gasteiger charge is 2.49. The van der Waals surface area contributed by atoms with Crippen molar-refractivity contribution >= 4 is 51.5 Å².